The van der Waals surface area contributed by atoms with Gasteiger partial charge in [-0.15, -0.1) is 0 Å². The second-order valence-corrected chi connectivity index (χ2v) is 5.98. The zero-order valence-corrected chi connectivity index (χ0v) is 14.1. The van der Waals surface area contributed by atoms with Crippen LogP contribution in [0.15, 0.2) is 18.2 Å². The minimum absolute atomic E-state index is 0.223. The lowest BCUT2D eigenvalue weighted by Gasteiger charge is -2.23. The minimum Gasteiger partial charge on any atom is -0.352 e. The van der Waals surface area contributed by atoms with Gasteiger partial charge in [0.05, 0.1) is 16.1 Å². The SMILES string of the molecule is CCCNC(=O)c1ccc(NC(=O)C(C)(N)CCC)cc1Cl. The van der Waals surface area contributed by atoms with Gasteiger partial charge in [-0.2, -0.15) is 0 Å². The molecule has 2 amide bonds. The van der Waals surface area contributed by atoms with Crippen LogP contribution in [0.4, 0.5) is 5.69 Å². The molecule has 22 heavy (non-hydrogen) atoms. The molecule has 0 fully saturated rings. The van der Waals surface area contributed by atoms with Crippen molar-refractivity contribution in [2.24, 2.45) is 5.73 Å². The van der Waals surface area contributed by atoms with E-state index < -0.39 is 5.54 Å². The molecule has 0 saturated heterocycles. The molecule has 0 spiro atoms. The number of carbonyl (C=O) groups excluding carboxylic acids is 2. The first-order valence-electron chi connectivity index (χ1n) is 7.50. The lowest BCUT2D eigenvalue weighted by atomic mass is 9.96. The molecule has 0 aromatic heterocycles. The topological polar surface area (TPSA) is 84.2 Å². The van der Waals surface area contributed by atoms with Gasteiger partial charge in [-0.25, -0.2) is 0 Å². The van der Waals surface area contributed by atoms with Crippen molar-refractivity contribution in [3.63, 3.8) is 0 Å². The van der Waals surface area contributed by atoms with Crippen LogP contribution in [0.3, 0.4) is 0 Å². The van der Waals surface area contributed by atoms with Gasteiger partial charge in [0.25, 0.3) is 5.91 Å². The van der Waals surface area contributed by atoms with E-state index in [0.717, 1.165) is 12.8 Å². The van der Waals surface area contributed by atoms with Gasteiger partial charge in [0.1, 0.15) is 0 Å². The van der Waals surface area contributed by atoms with E-state index in [0.29, 0.717) is 29.2 Å². The molecule has 1 unspecified atom stereocenters. The summed E-state index contributed by atoms with van der Waals surface area (Å²) in [6, 6.07) is 4.80. The Morgan fingerprint density at radius 3 is 2.50 bits per heavy atom. The molecule has 0 bridgehead atoms. The number of nitrogens with one attached hydrogen (secondary N) is 2. The molecule has 0 saturated carbocycles. The number of halogens is 1. The fourth-order valence-electron chi connectivity index (χ4n) is 2.02. The Morgan fingerprint density at radius 1 is 1.27 bits per heavy atom. The average Bonchev–Trinajstić information content (AvgIpc) is 2.44. The predicted octanol–water partition coefficient (Wildman–Crippen LogP) is 2.94. The fourth-order valence-corrected chi connectivity index (χ4v) is 2.28. The zero-order valence-electron chi connectivity index (χ0n) is 13.3. The lowest BCUT2D eigenvalue weighted by molar-refractivity contribution is -0.120. The van der Waals surface area contributed by atoms with Gasteiger partial charge in [0.15, 0.2) is 0 Å². The third kappa shape index (κ3) is 5.00. The Hall–Kier alpha value is -1.59. The molecule has 0 radical (unpaired) electrons. The van der Waals surface area contributed by atoms with Crippen LogP contribution in [-0.4, -0.2) is 23.9 Å². The van der Waals surface area contributed by atoms with Crippen LogP contribution in [-0.2, 0) is 4.79 Å². The summed E-state index contributed by atoms with van der Waals surface area (Å²) in [4.78, 5) is 24.0. The first-order chi connectivity index (χ1) is 10.3. The maximum Gasteiger partial charge on any atom is 0.252 e. The van der Waals surface area contributed by atoms with Crippen molar-refractivity contribution in [3.8, 4) is 0 Å². The molecule has 6 heteroatoms. The van der Waals surface area contributed by atoms with Crippen molar-refractivity contribution in [1.82, 2.24) is 5.32 Å². The molecule has 0 aliphatic heterocycles. The smallest absolute Gasteiger partial charge is 0.252 e. The molecule has 1 aromatic carbocycles. The van der Waals surface area contributed by atoms with Gasteiger partial charge < -0.3 is 16.4 Å². The van der Waals surface area contributed by atoms with Crippen LogP contribution in [0.1, 0.15) is 50.4 Å². The Kier molecular flexibility index (Phi) is 6.84. The summed E-state index contributed by atoms with van der Waals surface area (Å²) in [7, 11) is 0. The number of anilines is 1. The van der Waals surface area contributed by atoms with Gasteiger partial charge in [0.2, 0.25) is 5.91 Å². The highest BCUT2D eigenvalue weighted by Gasteiger charge is 2.27. The number of carbonyl (C=O) groups is 2. The highest BCUT2D eigenvalue weighted by molar-refractivity contribution is 6.34. The Labute approximate surface area is 136 Å². The number of benzene rings is 1. The Balaban J connectivity index is 2.81. The monoisotopic (exact) mass is 325 g/mol. The van der Waals surface area contributed by atoms with Crippen LogP contribution in [0.2, 0.25) is 5.02 Å². The van der Waals surface area contributed by atoms with Crippen molar-refractivity contribution in [1.29, 1.82) is 0 Å². The standard InChI is InChI=1S/C16H24ClN3O2/c1-4-8-16(3,18)15(22)20-11-6-7-12(13(17)10-11)14(21)19-9-5-2/h6-7,10H,4-5,8-9,18H2,1-3H3,(H,19,21)(H,20,22). The molecule has 1 rings (SSSR count). The molecule has 0 aliphatic rings. The highest BCUT2D eigenvalue weighted by atomic mass is 35.5. The number of rotatable bonds is 7. The Bertz CT molecular complexity index is 544. The molecule has 5 nitrogen and oxygen atoms in total. The largest absolute Gasteiger partial charge is 0.352 e. The summed E-state index contributed by atoms with van der Waals surface area (Å²) in [5.41, 5.74) is 5.96. The number of hydrogen-bond donors (Lipinski definition) is 3. The van der Waals surface area contributed by atoms with Crippen molar-refractivity contribution in [2.75, 3.05) is 11.9 Å². The van der Waals surface area contributed by atoms with E-state index in [1.165, 1.54) is 0 Å². The van der Waals surface area contributed by atoms with E-state index in [1.54, 1.807) is 25.1 Å². The third-order valence-corrected chi connectivity index (χ3v) is 3.61. The quantitative estimate of drug-likeness (QED) is 0.720. The van der Waals surface area contributed by atoms with Crippen LogP contribution < -0.4 is 16.4 Å². The van der Waals surface area contributed by atoms with Gasteiger partial charge >= 0.3 is 0 Å². The fraction of sp³-hybridized carbons (Fsp3) is 0.500. The van der Waals surface area contributed by atoms with E-state index >= 15 is 0 Å². The first kappa shape index (κ1) is 18.5. The number of hydrogen-bond acceptors (Lipinski definition) is 3. The van der Waals surface area contributed by atoms with Crippen LogP contribution in [0.25, 0.3) is 0 Å². The summed E-state index contributed by atoms with van der Waals surface area (Å²) in [5.74, 6) is -0.493. The van der Waals surface area contributed by atoms with Crippen molar-refractivity contribution in [2.45, 2.75) is 45.6 Å². The van der Waals surface area contributed by atoms with Gasteiger partial charge in [-0.3, -0.25) is 9.59 Å². The van der Waals surface area contributed by atoms with Crippen molar-refractivity contribution >= 4 is 29.1 Å². The number of amides is 2. The molecule has 1 aromatic rings. The van der Waals surface area contributed by atoms with E-state index in [2.05, 4.69) is 10.6 Å². The second kappa shape index (κ2) is 8.15. The molecule has 122 valence electrons. The van der Waals surface area contributed by atoms with Crippen LogP contribution >= 0.6 is 11.6 Å². The zero-order chi connectivity index (χ0) is 16.8. The highest BCUT2D eigenvalue weighted by Crippen LogP contribution is 2.22. The summed E-state index contributed by atoms with van der Waals surface area (Å²) in [6.07, 6.45) is 2.26. The maximum absolute atomic E-state index is 12.1. The van der Waals surface area contributed by atoms with Gasteiger partial charge in [-0.1, -0.05) is 31.9 Å². The van der Waals surface area contributed by atoms with Gasteiger partial charge in [-0.05, 0) is 38.0 Å². The second-order valence-electron chi connectivity index (χ2n) is 5.57. The minimum atomic E-state index is -0.932. The molecule has 1 atom stereocenters. The average molecular weight is 326 g/mol. The lowest BCUT2D eigenvalue weighted by Crippen LogP contribution is -2.48. The maximum atomic E-state index is 12.1. The predicted molar refractivity (Wildman–Crippen MR) is 90.2 cm³/mol. The van der Waals surface area contributed by atoms with Gasteiger partial charge in [0, 0.05) is 12.2 Å². The molecule has 0 heterocycles. The summed E-state index contributed by atoms with van der Waals surface area (Å²) in [6.45, 7) is 6.23. The normalized spacial score (nSPS) is 13.3. The number of nitrogens with two attached hydrogens (primary N) is 1. The Morgan fingerprint density at radius 2 is 1.95 bits per heavy atom. The molecular formula is C16H24ClN3O2. The van der Waals surface area contributed by atoms with Crippen molar-refractivity contribution < 1.29 is 9.59 Å². The summed E-state index contributed by atoms with van der Waals surface area (Å²) in [5, 5.41) is 5.79. The molecular weight excluding hydrogens is 302 g/mol. The third-order valence-electron chi connectivity index (χ3n) is 3.30. The molecule has 4 N–H and O–H groups in total. The van der Waals surface area contributed by atoms with E-state index in [4.69, 9.17) is 17.3 Å². The van der Waals surface area contributed by atoms with E-state index in [-0.39, 0.29) is 11.8 Å². The van der Waals surface area contributed by atoms with Crippen molar-refractivity contribution in [3.05, 3.63) is 28.8 Å². The van der Waals surface area contributed by atoms with Crippen LogP contribution in [0.5, 0.6) is 0 Å². The van der Waals surface area contributed by atoms with E-state index in [9.17, 15) is 9.59 Å². The first-order valence-corrected chi connectivity index (χ1v) is 7.87. The van der Waals surface area contributed by atoms with Crippen LogP contribution in [0, 0.1) is 0 Å². The summed E-state index contributed by atoms with van der Waals surface area (Å²) < 4.78 is 0. The van der Waals surface area contributed by atoms with E-state index in [1.807, 2.05) is 13.8 Å². The summed E-state index contributed by atoms with van der Waals surface area (Å²) >= 11 is 6.12. The molecule has 0 aliphatic carbocycles.